The zero-order valence-corrected chi connectivity index (χ0v) is 17.8. The summed E-state index contributed by atoms with van der Waals surface area (Å²) in [6.07, 6.45) is 5.02. The van der Waals surface area contributed by atoms with Crippen LogP contribution < -0.4 is 14.8 Å². The molecule has 0 heterocycles. The van der Waals surface area contributed by atoms with Crippen LogP contribution in [-0.2, 0) is 13.2 Å². The third-order valence-corrected chi connectivity index (χ3v) is 4.79. The van der Waals surface area contributed by atoms with Crippen LogP contribution in [0.1, 0.15) is 50.7 Å². The van der Waals surface area contributed by atoms with E-state index >= 15 is 0 Å². The molecule has 0 amide bonds. The molecule has 148 valence electrons. The first kappa shape index (κ1) is 21.7. The first-order valence-electron chi connectivity index (χ1n) is 9.67. The Bertz CT molecular complexity index is 691. The van der Waals surface area contributed by atoms with E-state index in [-0.39, 0.29) is 5.82 Å². The Labute approximate surface area is 170 Å². The molecule has 0 radical (unpaired) electrons. The summed E-state index contributed by atoms with van der Waals surface area (Å²) in [4.78, 5) is 0. The molecule has 0 atom stereocenters. The Morgan fingerprint density at radius 1 is 0.963 bits per heavy atom. The molecule has 0 spiro atoms. The molecule has 0 aliphatic rings. The standard InChI is InChI=1S/C22H29BrFNO2/c1-3-5-6-7-12-25-15-18-13-20(23)22(21(14-18)26-4-2)27-16-17-8-10-19(24)11-9-17/h8-11,13-14,25H,3-7,12,15-16H2,1-2H3. The van der Waals surface area contributed by atoms with E-state index in [4.69, 9.17) is 9.47 Å². The summed E-state index contributed by atoms with van der Waals surface area (Å²) in [5.41, 5.74) is 2.05. The van der Waals surface area contributed by atoms with Gasteiger partial charge in [0.1, 0.15) is 12.4 Å². The first-order valence-corrected chi connectivity index (χ1v) is 10.5. The van der Waals surface area contributed by atoms with Crippen molar-refractivity contribution in [3.8, 4) is 11.5 Å². The molecule has 0 fully saturated rings. The van der Waals surface area contributed by atoms with Crippen molar-refractivity contribution in [3.05, 3.63) is 57.8 Å². The lowest BCUT2D eigenvalue weighted by Crippen LogP contribution is -2.15. The highest BCUT2D eigenvalue weighted by Crippen LogP contribution is 2.37. The van der Waals surface area contributed by atoms with E-state index in [1.165, 1.54) is 37.8 Å². The van der Waals surface area contributed by atoms with Crippen molar-refractivity contribution in [1.82, 2.24) is 5.32 Å². The summed E-state index contributed by atoms with van der Waals surface area (Å²) in [6.45, 7) is 6.91. The van der Waals surface area contributed by atoms with Gasteiger partial charge >= 0.3 is 0 Å². The molecule has 0 saturated carbocycles. The molecule has 3 nitrogen and oxygen atoms in total. The lowest BCUT2D eigenvalue weighted by molar-refractivity contribution is 0.267. The van der Waals surface area contributed by atoms with Gasteiger partial charge in [0.05, 0.1) is 11.1 Å². The van der Waals surface area contributed by atoms with Crippen molar-refractivity contribution in [2.75, 3.05) is 13.2 Å². The smallest absolute Gasteiger partial charge is 0.175 e. The predicted octanol–water partition coefficient (Wildman–Crippen LogP) is 6.24. The number of ether oxygens (including phenoxy) is 2. The van der Waals surface area contributed by atoms with Crippen LogP contribution in [0.4, 0.5) is 4.39 Å². The summed E-state index contributed by atoms with van der Waals surface area (Å²) < 4.78 is 25.6. The van der Waals surface area contributed by atoms with E-state index in [0.29, 0.717) is 19.0 Å². The van der Waals surface area contributed by atoms with Crippen molar-refractivity contribution in [3.63, 3.8) is 0 Å². The van der Waals surface area contributed by atoms with Crippen molar-refractivity contribution in [2.24, 2.45) is 0 Å². The summed E-state index contributed by atoms with van der Waals surface area (Å²) >= 11 is 3.60. The van der Waals surface area contributed by atoms with Crippen molar-refractivity contribution < 1.29 is 13.9 Å². The van der Waals surface area contributed by atoms with Gasteiger partial charge in [-0.05, 0) is 71.2 Å². The molecular formula is C22H29BrFNO2. The van der Waals surface area contributed by atoms with Gasteiger partial charge in [-0.3, -0.25) is 0 Å². The van der Waals surface area contributed by atoms with E-state index in [0.717, 1.165) is 34.4 Å². The number of nitrogens with one attached hydrogen (secondary N) is 1. The van der Waals surface area contributed by atoms with Gasteiger partial charge in [-0.1, -0.05) is 38.3 Å². The Kier molecular flexibility index (Phi) is 9.64. The number of unbranched alkanes of at least 4 members (excludes halogenated alkanes) is 3. The minimum absolute atomic E-state index is 0.249. The van der Waals surface area contributed by atoms with Gasteiger partial charge in [-0.25, -0.2) is 4.39 Å². The molecule has 0 saturated heterocycles. The fourth-order valence-electron chi connectivity index (χ4n) is 2.77. The summed E-state index contributed by atoms with van der Waals surface area (Å²) in [5.74, 6) is 1.14. The van der Waals surface area contributed by atoms with E-state index < -0.39 is 0 Å². The van der Waals surface area contributed by atoms with E-state index in [2.05, 4.69) is 34.2 Å². The third kappa shape index (κ3) is 7.51. The van der Waals surface area contributed by atoms with Crippen LogP contribution in [0.15, 0.2) is 40.9 Å². The van der Waals surface area contributed by atoms with Crippen LogP contribution in [0.2, 0.25) is 0 Å². The molecule has 27 heavy (non-hydrogen) atoms. The van der Waals surface area contributed by atoms with Crippen molar-refractivity contribution in [2.45, 2.75) is 52.7 Å². The van der Waals surface area contributed by atoms with Crippen molar-refractivity contribution >= 4 is 15.9 Å². The average molecular weight is 438 g/mol. The molecule has 2 aromatic rings. The number of halogens is 2. The molecule has 0 unspecified atom stereocenters. The highest BCUT2D eigenvalue weighted by molar-refractivity contribution is 9.10. The molecular weight excluding hydrogens is 409 g/mol. The van der Waals surface area contributed by atoms with Crippen LogP contribution in [-0.4, -0.2) is 13.2 Å². The highest BCUT2D eigenvalue weighted by atomic mass is 79.9. The lowest BCUT2D eigenvalue weighted by Gasteiger charge is -2.16. The number of rotatable bonds is 12. The lowest BCUT2D eigenvalue weighted by atomic mass is 10.1. The molecule has 2 aromatic carbocycles. The molecule has 2 rings (SSSR count). The van der Waals surface area contributed by atoms with E-state index in [1.54, 1.807) is 12.1 Å². The summed E-state index contributed by atoms with van der Waals surface area (Å²) in [7, 11) is 0. The van der Waals surface area contributed by atoms with Crippen LogP contribution in [0, 0.1) is 5.82 Å². The average Bonchev–Trinajstić information content (AvgIpc) is 2.65. The Hall–Kier alpha value is -1.59. The quantitative estimate of drug-likeness (QED) is 0.398. The minimum Gasteiger partial charge on any atom is -0.490 e. The van der Waals surface area contributed by atoms with Gasteiger partial charge in [0, 0.05) is 6.54 Å². The normalized spacial score (nSPS) is 10.8. The zero-order valence-electron chi connectivity index (χ0n) is 16.2. The maximum absolute atomic E-state index is 13.0. The van der Waals surface area contributed by atoms with E-state index in [9.17, 15) is 4.39 Å². The Balaban J connectivity index is 1.98. The maximum atomic E-state index is 13.0. The monoisotopic (exact) mass is 437 g/mol. The van der Waals surface area contributed by atoms with Crippen LogP contribution in [0.3, 0.4) is 0 Å². The van der Waals surface area contributed by atoms with Gasteiger partial charge < -0.3 is 14.8 Å². The molecule has 5 heteroatoms. The van der Waals surface area contributed by atoms with Gasteiger partial charge in [-0.2, -0.15) is 0 Å². The van der Waals surface area contributed by atoms with Gasteiger partial charge in [0.2, 0.25) is 0 Å². The molecule has 0 aromatic heterocycles. The largest absolute Gasteiger partial charge is 0.490 e. The number of hydrogen-bond donors (Lipinski definition) is 1. The minimum atomic E-state index is -0.249. The van der Waals surface area contributed by atoms with Crippen LogP contribution in [0.25, 0.3) is 0 Å². The molecule has 0 aliphatic carbocycles. The zero-order chi connectivity index (χ0) is 19.5. The molecule has 0 aliphatic heterocycles. The first-order chi connectivity index (χ1) is 13.1. The second kappa shape index (κ2) is 12.0. The molecule has 0 bridgehead atoms. The summed E-state index contributed by atoms with van der Waals surface area (Å²) in [6, 6.07) is 10.4. The van der Waals surface area contributed by atoms with E-state index in [1.807, 2.05) is 13.0 Å². The van der Waals surface area contributed by atoms with Crippen LogP contribution in [0.5, 0.6) is 11.5 Å². The predicted molar refractivity (Wildman–Crippen MR) is 112 cm³/mol. The Morgan fingerprint density at radius 2 is 1.74 bits per heavy atom. The second-order valence-electron chi connectivity index (χ2n) is 6.49. The fourth-order valence-corrected chi connectivity index (χ4v) is 3.38. The number of benzene rings is 2. The van der Waals surface area contributed by atoms with Gasteiger partial charge in [0.15, 0.2) is 11.5 Å². The van der Waals surface area contributed by atoms with Crippen molar-refractivity contribution in [1.29, 1.82) is 0 Å². The van der Waals surface area contributed by atoms with Crippen LogP contribution >= 0.6 is 15.9 Å². The Morgan fingerprint density at radius 3 is 2.44 bits per heavy atom. The topological polar surface area (TPSA) is 30.5 Å². The third-order valence-electron chi connectivity index (χ3n) is 4.20. The fraction of sp³-hybridized carbons (Fsp3) is 0.455. The SMILES string of the molecule is CCCCCCNCc1cc(Br)c(OCc2ccc(F)cc2)c(OCC)c1. The maximum Gasteiger partial charge on any atom is 0.175 e. The number of hydrogen-bond acceptors (Lipinski definition) is 3. The second-order valence-corrected chi connectivity index (χ2v) is 7.34. The van der Waals surface area contributed by atoms with Gasteiger partial charge in [-0.15, -0.1) is 0 Å². The van der Waals surface area contributed by atoms with Gasteiger partial charge in [0.25, 0.3) is 0 Å². The summed E-state index contributed by atoms with van der Waals surface area (Å²) in [5, 5.41) is 3.49. The molecule has 1 N–H and O–H groups in total. The highest BCUT2D eigenvalue weighted by Gasteiger charge is 2.12.